The fraction of sp³-hybridized carbons (Fsp3) is 0.179. The van der Waals surface area contributed by atoms with Gasteiger partial charge in [0.1, 0.15) is 10.9 Å². The molecule has 0 bridgehead atoms. The van der Waals surface area contributed by atoms with Crippen LogP contribution in [0.3, 0.4) is 0 Å². The number of halogens is 2. The molecule has 0 aromatic heterocycles. The Morgan fingerprint density at radius 2 is 1.87 bits per heavy atom. The number of benzene rings is 3. The van der Waals surface area contributed by atoms with Crippen LogP contribution in [0.4, 0.5) is 0 Å². The van der Waals surface area contributed by atoms with Crippen molar-refractivity contribution in [1.82, 2.24) is 4.90 Å². The zero-order chi connectivity index (χ0) is 27.2. The number of nitrogens with zero attached hydrogens (tertiary/aromatic N) is 1. The number of hydrogen-bond acceptors (Lipinski definition) is 7. The van der Waals surface area contributed by atoms with Crippen molar-refractivity contribution < 1.29 is 23.8 Å². The number of rotatable bonds is 9. The van der Waals surface area contributed by atoms with Gasteiger partial charge in [0.25, 0.3) is 5.91 Å². The molecule has 1 fully saturated rings. The van der Waals surface area contributed by atoms with E-state index in [1.165, 1.54) is 4.90 Å². The fourth-order valence-corrected chi connectivity index (χ4v) is 6.18. The summed E-state index contributed by atoms with van der Waals surface area (Å²) in [6.45, 7) is 2.26. The molecular formula is C28H23Br2NO5S2. The Labute approximate surface area is 247 Å². The largest absolute Gasteiger partial charge is 0.493 e. The first-order chi connectivity index (χ1) is 18.3. The first kappa shape index (κ1) is 28.4. The number of thiocarbonyl (C=S) groups is 1. The van der Waals surface area contributed by atoms with Crippen LogP contribution in [-0.2, 0) is 20.9 Å². The van der Waals surface area contributed by atoms with Crippen LogP contribution in [0, 0.1) is 0 Å². The molecule has 3 aromatic carbocycles. The summed E-state index contributed by atoms with van der Waals surface area (Å²) >= 11 is 13.7. The highest BCUT2D eigenvalue weighted by Crippen LogP contribution is 2.41. The normalized spacial score (nSPS) is 15.1. The van der Waals surface area contributed by atoms with E-state index in [1.54, 1.807) is 50.4 Å². The number of esters is 1. The van der Waals surface area contributed by atoms with E-state index in [9.17, 15) is 9.59 Å². The molecule has 1 heterocycles. The van der Waals surface area contributed by atoms with Crippen LogP contribution in [0.5, 0.6) is 11.5 Å². The van der Waals surface area contributed by atoms with E-state index >= 15 is 0 Å². The van der Waals surface area contributed by atoms with Gasteiger partial charge in [-0.25, -0.2) is 4.79 Å². The van der Waals surface area contributed by atoms with Crippen LogP contribution in [0.25, 0.3) is 6.08 Å². The van der Waals surface area contributed by atoms with Gasteiger partial charge < -0.3 is 14.2 Å². The summed E-state index contributed by atoms with van der Waals surface area (Å²) in [5.74, 6) is 0.146. The lowest BCUT2D eigenvalue weighted by atomic mass is 10.1. The molecule has 1 aliphatic heterocycles. The zero-order valence-electron chi connectivity index (χ0n) is 20.5. The Hall–Kier alpha value is -2.66. The van der Waals surface area contributed by atoms with Crippen molar-refractivity contribution in [1.29, 1.82) is 0 Å². The summed E-state index contributed by atoms with van der Waals surface area (Å²) in [5, 5.41) is 0. The van der Waals surface area contributed by atoms with Crippen LogP contribution in [0.1, 0.15) is 29.7 Å². The van der Waals surface area contributed by atoms with Crippen LogP contribution in [0.15, 0.2) is 80.6 Å². The topological polar surface area (TPSA) is 65.1 Å². The molecule has 1 amide bonds. The molecule has 1 saturated heterocycles. The number of thioether (sulfide) groups is 1. The highest BCUT2D eigenvalue weighted by molar-refractivity contribution is 9.10. The summed E-state index contributed by atoms with van der Waals surface area (Å²) < 4.78 is 18.8. The Morgan fingerprint density at radius 1 is 1.11 bits per heavy atom. The number of carbonyl (C=O) groups is 2. The minimum absolute atomic E-state index is 0.191. The Kier molecular flexibility index (Phi) is 9.64. The van der Waals surface area contributed by atoms with Gasteiger partial charge in [0, 0.05) is 4.47 Å². The van der Waals surface area contributed by atoms with Crippen LogP contribution in [-0.4, -0.2) is 34.8 Å². The van der Waals surface area contributed by atoms with E-state index in [1.807, 2.05) is 36.4 Å². The van der Waals surface area contributed by atoms with E-state index in [2.05, 4.69) is 31.9 Å². The minimum atomic E-state index is -0.968. The first-order valence-corrected chi connectivity index (χ1v) is 14.4. The maximum absolute atomic E-state index is 13.5. The Balaban J connectivity index is 1.61. The highest BCUT2D eigenvalue weighted by atomic mass is 79.9. The summed E-state index contributed by atoms with van der Waals surface area (Å²) in [6, 6.07) is 19.5. The van der Waals surface area contributed by atoms with Gasteiger partial charge in [0.15, 0.2) is 17.5 Å². The number of ether oxygens (including phenoxy) is 3. The molecule has 1 aliphatic rings. The number of carbonyl (C=O) groups excluding carboxylic acids is 2. The molecule has 3 aromatic rings. The molecule has 196 valence electrons. The predicted octanol–water partition coefficient (Wildman–Crippen LogP) is 7.30. The van der Waals surface area contributed by atoms with Gasteiger partial charge in [-0.3, -0.25) is 9.69 Å². The third kappa shape index (κ3) is 6.48. The van der Waals surface area contributed by atoms with Gasteiger partial charge in [-0.1, -0.05) is 82.4 Å². The van der Waals surface area contributed by atoms with E-state index < -0.39 is 12.0 Å². The van der Waals surface area contributed by atoms with Crippen molar-refractivity contribution in [3.63, 3.8) is 0 Å². The maximum atomic E-state index is 13.5. The molecule has 0 radical (unpaired) electrons. The van der Waals surface area contributed by atoms with Gasteiger partial charge in [-0.05, 0) is 69.9 Å². The van der Waals surface area contributed by atoms with Gasteiger partial charge in [0.2, 0.25) is 0 Å². The molecule has 38 heavy (non-hydrogen) atoms. The number of hydrogen-bond donors (Lipinski definition) is 0. The molecule has 10 heteroatoms. The second-order valence-electron chi connectivity index (χ2n) is 8.07. The summed E-state index contributed by atoms with van der Waals surface area (Å²) in [7, 11) is 1.56. The summed E-state index contributed by atoms with van der Waals surface area (Å²) in [6.07, 6.45) is 1.72. The molecule has 0 saturated carbocycles. The third-order valence-corrected chi connectivity index (χ3v) is 7.94. The molecule has 1 unspecified atom stereocenters. The van der Waals surface area contributed by atoms with Crippen molar-refractivity contribution in [2.24, 2.45) is 0 Å². The molecule has 1 atom stereocenters. The quantitative estimate of drug-likeness (QED) is 0.134. The molecular weight excluding hydrogens is 654 g/mol. The molecule has 6 nitrogen and oxygen atoms in total. The van der Waals surface area contributed by atoms with Gasteiger partial charge in [0.05, 0.1) is 23.1 Å². The third-order valence-electron chi connectivity index (χ3n) is 5.53. The van der Waals surface area contributed by atoms with Gasteiger partial charge >= 0.3 is 5.97 Å². The van der Waals surface area contributed by atoms with Crippen molar-refractivity contribution in [3.8, 4) is 11.5 Å². The number of amides is 1. The van der Waals surface area contributed by atoms with Crippen LogP contribution < -0.4 is 9.47 Å². The lowest BCUT2D eigenvalue weighted by Crippen LogP contribution is -2.38. The predicted molar refractivity (Wildman–Crippen MR) is 160 cm³/mol. The average Bonchev–Trinajstić information content (AvgIpc) is 3.16. The smallest absolute Gasteiger partial charge is 0.333 e. The van der Waals surface area contributed by atoms with E-state index in [0.717, 1.165) is 21.8 Å². The minimum Gasteiger partial charge on any atom is -0.493 e. The SMILES string of the molecule is CCOC(=O)C(c1ccccc1)N1C(=O)/C(=C\c2cc(Br)c(OCc3cccc(Br)c3)c(OC)c2)SC1=S. The van der Waals surface area contributed by atoms with E-state index in [0.29, 0.717) is 38.6 Å². The van der Waals surface area contributed by atoms with E-state index in [-0.39, 0.29) is 16.8 Å². The molecule has 4 rings (SSSR count). The lowest BCUT2D eigenvalue weighted by molar-refractivity contribution is -0.151. The first-order valence-electron chi connectivity index (χ1n) is 11.6. The van der Waals surface area contributed by atoms with Crippen molar-refractivity contribution >= 4 is 78.1 Å². The van der Waals surface area contributed by atoms with Gasteiger partial charge in [-0.15, -0.1) is 0 Å². The van der Waals surface area contributed by atoms with Crippen molar-refractivity contribution in [3.05, 3.63) is 97.3 Å². The lowest BCUT2D eigenvalue weighted by Gasteiger charge is -2.25. The highest BCUT2D eigenvalue weighted by Gasteiger charge is 2.42. The standard InChI is InChI=1S/C28H23Br2NO5S2/c1-3-35-27(33)24(19-9-5-4-6-10-19)31-26(32)23(38-28(31)37)15-18-13-21(30)25(22(14-18)34-2)36-16-17-8-7-11-20(29)12-17/h4-15,24H,3,16H2,1-2H3/b23-15+. The zero-order valence-corrected chi connectivity index (χ0v) is 25.3. The van der Waals surface area contributed by atoms with Crippen molar-refractivity contribution in [2.75, 3.05) is 13.7 Å². The van der Waals surface area contributed by atoms with Gasteiger partial charge in [-0.2, -0.15) is 0 Å². The fourth-order valence-electron chi connectivity index (χ4n) is 3.85. The average molecular weight is 677 g/mol. The number of methoxy groups -OCH3 is 1. The van der Waals surface area contributed by atoms with Crippen LogP contribution >= 0.6 is 55.8 Å². The molecule has 0 N–H and O–H groups in total. The monoisotopic (exact) mass is 675 g/mol. The second-order valence-corrected chi connectivity index (χ2v) is 11.5. The molecule has 0 aliphatic carbocycles. The van der Waals surface area contributed by atoms with E-state index in [4.69, 9.17) is 26.4 Å². The summed E-state index contributed by atoms with van der Waals surface area (Å²) in [5.41, 5.74) is 2.33. The maximum Gasteiger partial charge on any atom is 0.333 e. The van der Waals surface area contributed by atoms with Crippen molar-refractivity contribution in [2.45, 2.75) is 19.6 Å². The second kappa shape index (κ2) is 12.9. The Morgan fingerprint density at radius 3 is 2.55 bits per heavy atom. The molecule has 0 spiro atoms. The summed E-state index contributed by atoms with van der Waals surface area (Å²) in [4.78, 5) is 28.1. The Bertz CT molecular complexity index is 1400. The van der Waals surface area contributed by atoms with Crippen LogP contribution in [0.2, 0.25) is 0 Å².